The van der Waals surface area contributed by atoms with Gasteiger partial charge in [0.1, 0.15) is 5.75 Å². The molecule has 0 aliphatic heterocycles. The summed E-state index contributed by atoms with van der Waals surface area (Å²) in [5.41, 5.74) is 2.58. The maximum atomic E-state index is 5.53. The first-order chi connectivity index (χ1) is 9.53. The Morgan fingerprint density at radius 2 is 1.95 bits per heavy atom. The van der Waals surface area contributed by atoms with Crippen LogP contribution in [0.3, 0.4) is 0 Å². The van der Waals surface area contributed by atoms with Gasteiger partial charge in [0.15, 0.2) is 0 Å². The lowest BCUT2D eigenvalue weighted by molar-refractivity contribution is 0.210. The summed E-state index contributed by atoms with van der Waals surface area (Å²) in [7, 11) is 3.74. The molecule has 3 heteroatoms. The molecule has 20 heavy (non-hydrogen) atoms. The molecule has 0 aromatic heterocycles. The molecule has 0 saturated carbocycles. The number of ether oxygens (including phenoxy) is 1. The Morgan fingerprint density at radius 3 is 2.45 bits per heavy atom. The number of methoxy groups -OCH3 is 1. The van der Waals surface area contributed by atoms with Crippen LogP contribution in [-0.2, 0) is 6.54 Å². The van der Waals surface area contributed by atoms with Crippen LogP contribution >= 0.6 is 0 Å². The lowest BCUT2D eigenvalue weighted by Crippen LogP contribution is -2.31. The van der Waals surface area contributed by atoms with Crippen molar-refractivity contribution in [2.24, 2.45) is 0 Å². The number of rotatable bonds is 8. The Kier molecular flexibility index (Phi) is 7.03. The van der Waals surface area contributed by atoms with Crippen LogP contribution in [0.2, 0.25) is 0 Å². The molecule has 3 nitrogen and oxygen atoms in total. The third-order valence-corrected chi connectivity index (χ3v) is 3.85. The van der Waals surface area contributed by atoms with Gasteiger partial charge in [-0.15, -0.1) is 0 Å². The second kappa shape index (κ2) is 8.28. The number of hydrogen-bond acceptors (Lipinski definition) is 3. The smallest absolute Gasteiger partial charge is 0.123 e. The van der Waals surface area contributed by atoms with Crippen molar-refractivity contribution in [3.05, 3.63) is 29.3 Å². The lowest BCUT2D eigenvalue weighted by atomic mass is 10.0. The molecule has 1 rings (SSSR count). The van der Waals surface area contributed by atoms with Crippen molar-refractivity contribution in [3.8, 4) is 5.75 Å². The number of benzene rings is 1. The fraction of sp³-hybridized carbons (Fsp3) is 0.647. The van der Waals surface area contributed by atoms with E-state index in [9.17, 15) is 0 Å². The molecule has 0 aliphatic carbocycles. The molecule has 1 atom stereocenters. The van der Waals surface area contributed by atoms with Crippen LogP contribution in [0.25, 0.3) is 0 Å². The van der Waals surface area contributed by atoms with E-state index in [0.29, 0.717) is 12.1 Å². The minimum Gasteiger partial charge on any atom is -0.496 e. The van der Waals surface area contributed by atoms with Crippen LogP contribution in [0.4, 0.5) is 0 Å². The summed E-state index contributed by atoms with van der Waals surface area (Å²) in [5, 5.41) is 3.29. The Hall–Kier alpha value is -1.06. The zero-order valence-corrected chi connectivity index (χ0v) is 13.9. The predicted molar refractivity (Wildman–Crippen MR) is 86.3 cm³/mol. The quantitative estimate of drug-likeness (QED) is 0.786. The molecule has 0 heterocycles. The van der Waals surface area contributed by atoms with Gasteiger partial charge in [0.25, 0.3) is 0 Å². The lowest BCUT2D eigenvalue weighted by Gasteiger charge is -2.27. The Labute approximate surface area is 124 Å². The summed E-state index contributed by atoms with van der Waals surface area (Å²) >= 11 is 0. The molecule has 0 amide bonds. The zero-order valence-electron chi connectivity index (χ0n) is 13.9. The third kappa shape index (κ3) is 4.50. The summed E-state index contributed by atoms with van der Waals surface area (Å²) in [6.07, 6.45) is 1.17. The Bertz CT molecular complexity index is 404. The van der Waals surface area contributed by atoms with Crippen molar-refractivity contribution in [2.45, 2.75) is 52.7 Å². The highest BCUT2D eigenvalue weighted by molar-refractivity contribution is 5.38. The van der Waals surface area contributed by atoms with E-state index in [1.807, 2.05) is 7.05 Å². The topological polar surface area (TPSA) is 24.5 Å². The molecule has 0 saturated heterocycles. The van der Waals surface area contributed by atoms with E-state index in [2.05, 4.69) is 56.1 Å². The van der Waals surface area contributed by atoms with Crippen molar-refractivity contribution < 1.29 is 4.74 Å². The molecule has 0 spiro atoms. The van der Waals surface area contributed by atoms with Crippen LogP contribution in [0.5, 0.6) is 5.75 Å². The molecule has 1 aromatic carbocycles. The van der Waals surface area contributed by atoms with Crippen LogP contribution in [-0.4, -0.2) is 31.6 Å². The highest BCUT2D eigenvalue weighted by atomic mass is 16.5. The van der Waals surface area contributed by atoms with Crippen molar-refractivity contribution >= 4 is 0 Å². The van der Waals surface area contributed by atoms with E-state index in [-0.39, 0.29) is 0 Å². The van der Waals surface area contributed by atoms with Crippen molar-refractivity contribution in [2.75, 3.05) is 20.7 Å². The van der Waals surface area contributed by atoms with Gasteiger partial charge in [0, 0.05) is 24.2 Å². The van der Waals surface area contributed by atoms with E-state index in [1.165, 1.54) is 17.5 Å². The summed E-state index contributed by atoms with van der Waals surface area (Å²) in [4.78, 5) is 2.49. The molecule has 1 N–H and O–H groups in total. The Balaban J connectivity index is 3.00. The van der Waals surface area contributed by atoms with E-state index >= 15 is 0 Å². The van der Waals surface area contributed by atoms with Gasteiger partial charge in [-0.3, -0.25) is 4.90 Å². The summed E-state index contributed by atoms with van der Waals surface area (Å²) in [6, 6.07) is 7.40. The average molecular weight is 278 g/mol. The van der Waals surface area contributed by atoms with Crippen LogP contribution < -0.4 is 10.1 Å². The second-order valence-electron chi connectivity index (χ2n) is 5.65. The first-order valence-electron chi connectivity index (χ1n) is 7.61. The maximum Gasteiger partial charge on any atom is 0.123 e. The molecule has 1 unspecified atom stereocenters. The van der Waals surface area contributed by atoms with Crippen molar-refractivity contribution in [1.82, 2.24) is 10.2 Å². The molecular formula is C17H30N2O. The summed E-state index contributed by atoms with van der Waals surface area (Å²) < 4.78 is 5.53. The zero-order chi connectivity index (χ0) is 15.1. The van der Waals surface area contributed by atoms with Gasteiger partial charge in [0.2, 0.25) is 0 Å². The van der Waals surface area contributed by atoms with Gasteiger partial charge in [-0.1, -0.05) is 13.0 Å². The first kappa shape index (κ1) is 17.0. The van der Waals surface area contributed by atoms with E-state index in [4.69, 9.17) is 4.74 Å². The molecular weight excluding hydrogens is 248 g/mol. The van der Waals surface area contributed by atoms with E-state index < -0.39 is 0 Å². The predicted octanol–water partition coefficient (Wildman–Crippen LogP) is 3.60. The average Bonchev–Trinajstić information content (AvgIpc) is 2.45. The minimum absolute atomic E-state index is 0.360. The summed E-state index contributed by atoms with van der Waals surface area (Å²) in [6.45, 7) is 11.0. The number of nitrogens with zero attached hydrogens (tertiary/aromatic N) is 1. The van der Waals surface area contributed by atoms with Crippen LogP contribution in [0.15, 0.2) is 18.2 Å². The summed E-state index contributed by atoms with van der Waals surface area (Å²) in [5.74, 6) is 0.985. The van der Waals surface area contributed by atoms with Crippen molar-refractivity contribution in [1.29, 1.82) is 0 Å². The van der Waals surface area contributed by atoms with Crippen molar-refractivity contribution in [3.63, 3.8) is 0 Å². The molecule has 1 aromatic rings. The third-order valence-electron chi connectivity index (χ3n) is 3.85. The van der Waals surface area contributed by atoms with Gasteiger partial charge in [-0.05, 0) is 58.5 Å². The highest BCUT2D eigenvalue weighted by Crippen LogP contribution is 2.25. The second-order valence-corrected chi connectivity index (χ2v) is 5.65. The van der Waals surface area contributed by atoms with Gasteiger partial charge in [-0.25, -0.2) is 0 Å². The molecule has 0 radical (unpaired) electrons. The van der Waals surface area contributed by atoms with E-state index in [0.717, 1.165) is 18.8 Å². The monoisotopic (exact) mass is 278 g/mol. The van der Waals surface area contributed by atoms with Crippen LogP contribution in [0, 0.1) is 0 Å². The van der Waals surface area contributed by atoms with Gasteiger partial charge in [0.05, 0.1) is 7.11 Å². The Morgan fingerprint density at radius 1 is 1.25 bits per heavy atom. The fourth-order valence-corrected chi connectivity index (χ4v) is 2.38. The standard InChI is InChI=1S/C17H30N2O/c1-7-10-19(13(2)3)12-16-11-15(14(4)18-5)8-9-17(16)20-6/h8-9,11,13-14,18H,7,10,12H2,1-6H3. The van der Waals surface area contributed by atoms with Gasteiger partial charge in [-0.2, -0.15) is 0 Å². The molecule has 0 aliphatic rings. The normalized spacial score (nSPS) is 13.0. The largest absolute Gasteiger partial charge is 0.496 e. The van der Waals surface area contributed by atoms with E-state index in [1.54, 1.807) is 7.11 Å². The fourth-order valence-electron chi connectivity index (χ4n) is 2.38. The van der Waals surface area contributed by atoms with Gasteiger partial charge < -0.3 is 10.1 Å². The molecule has 0 bridgehead atoms. The van der Waals surface area contributed by atoms with Crippen LogP contribution in [0.1, 0.15) is 51.3 Å². The minimum atomic E-state index is 0.360. The SMILES string of the molecule is CCCN(Cc1cc(C(C)NC)ccc1OC)C(C)C. The molecule has 0 fully saturated rings. The maximum absolute atomic E-state index is 5.53. The first-order valence-corrected chi connectivity index (χ1v) is 7.61. The highest BCUT2D eigenvalue weighted by Gasteiger charge is 2.14. The van der Waals surface area contributed by atoms with Gasteiger partial charge >= 0.3 is 0 Å². The number of hydrogen-bond donors (Lipinski definition) is 1. The number of nitrogens with one attached hydrogen (secondary N) is 1. The molecule has 114 valence electrons.